The molecular weight excluding hydrogens is 338 g/mol. The summed E-state index contributed by atoms with van der Waals surface area (Å²) < 4.78 is 0. The highest BCUT2D eigenvalue weighted by atomic mass is 35.5. The summed E-state index contributed by atoms with van der Waals surface area (Å²) in [4.78, 5) is 28.8. The van der Waals surface area contributed by atoms with Gasteiger partial charge in [-0.3, -0.25) is 14.6 Å². The van der Waals surface area contributed by atoms with E-state index in [0.717, 1.165) is 11.1 Å². The minimum atomic E-state index is -0.901. The van der Waals surface area contributed by atoms with E-state index in [1.165, 1.54) is 0 Å². The number of rotatable bonds is 7. The second-order valence-corrected chi connectivity index (χ2v) is 6.69. The monoisotopic (exact) mass is 357 g/mol. The fourth-order valence-electron chi connectivity index (χ4n) is 2.68. The van der Waals surface area contributed by atoms with Gasteiger partial charge in [0, 0.05) is 30.5 Å². The Bertz CT molecular complexity index is 743. The molecule has 1 heterocycles. The van der Waals surface area contributed by atoms with Crippen LogP contribution in [0.4, 0.5) is 0 Å². The minimum absolute atomic E-state index is 0.190. The lowest BCUT2D eigenvalue weighted by molar-refractivity contribution is -0.137. The lowest BCUT2D eigenvalue weighted by Gasteiger charge is -2.15. The highest BCUT2D eigenvalue weighted by Gasteiger charge is 2.56. The highest BCUT2D eigenvalue weighted by Crippen LogP contribution is 2.46. The molecule has 1 aliphatic rings. The molecule has 0 unspecified atom stereocenters. The largest absolute Gasteiger partial charge is 0.355 e. The van der Waals surface area contributed by atoms with E-state index in [4.69, 9.17) is 11.6 Å². The van der Waals surface area contributed by atoms with Gasteiger partial charge in [-0.15, -0.1) is 0 Å². The summed E-state index contributed by atoms with van der Waals surface area (Å²) in [5.74, 6) is -0.398. The maximum absolute atomic E-state index is 12.4. The summed E-state index contributed by atoms with van der Waals surface area (Å²) >= 11 is 5.85. The number of carbonyl (C=O) groups excluding carboxylic acids is 2. The Labute approximate surface area is 151 Å². The van der Waals surface area contributed by atoms with Crippen molar-refractivity contribution in [2.45, 2.75) is 25.8 Å². The standard InChI is InChI=1S/C19H20ClN3O2/c20-16-5-3-14(4-6-16)7-11-22-17(24)19(8-9-19)18(25)23-13-15-2-1-10-21-12-15/h1-6,10,12H,7-9,11,13H2,(H,22,24)(H,23,25). The number of hydrogen-bond donors (Lipinski definition) is 2. The molecule has 0 atom stereocenters. The molecule has 1 aliphatic carbocycles. The maximum Gasteiger partial charge on any atom is 0.235 e. The quantitative estimate of drug-likeness (QED) is 0.748. The van der Waals surface area contributed by atoms with Gasteiger partial charge >= 0.3 is 0 Å². The molecule has 0 radical (unpaired) electrons. The number of benzene rings is 1. The van der Waals surface area contributed by atoms with Crippen LogP contribution in [0.3, 0.4) is 0 Å². The molecule has 3 rings (SSSR count). The van der Waals surface area contributed by atoms with Crippen molar-refractivity contribution >= 4 is 23.4 Å². The van der Waals surface area contributed by atoms with Crippen LogP contribution in [-0.4, -0.2) is 23.3 Å². The molecule has 25 heavy (non-hydrogen) atoms. The molecule has 1 aromatic heterocycles. The molecule has 0 saturated heterocycles. The Morgan fingerprint density at radius 3 is 2.40 bits per heavy atom. The first-order valence-corrected chi connectivity index (χ1v) is 8.68. The molecular formula is C19H20ClN3O2. The number of carbonyl (C=O) groups is 2. The lowest BCUT2D eigenvalue weighted by atomic mass is 10.0. The number of amides is 2. The van der Waals surface area contributed by atoms with Gasteiger partial charge in [0.1, 0.15) is 5.41 Å². The van der Waals surface area contributed by atoms with E-state index >= 15 is 0 Å². The third-order valence-corrected chi connectivity index (χ3v) is 4.66. The van der Waals surface area contributed by atoms with Crippen LogP contribution in [0.5, 0.6) is 0 Å². The van der Waals surface area contributed by atoms with Crippen molar-refractivity contribution in [2.24, 2.45) is 5.41 Å². The third kappa shape index (κ3) is 4.37. The number of pyridine rings is 1. The van der Waals surface area contributed by atoms with Crippen molar-refractivity contribution in [3.05, 3.63) is 64.9 Å². The zero-order chi connectivity index (χ0) is 17.7. The average Bonchev–Trinajstić information content (AvgIpc) is 3.44. The van der Waals surface area contributed by atoms with E-state index in [-0.39, 0.29) is 11.8 Å². The summed E-state index contributed by atoms with van der Waals surface area (Å²) in [6.07, 6.45) is 5.28. The zero-order valence-corrected chi connectivity index (χ0v) is 14.6. The van der Waals surface area contributed by atoms with Gasteiger partial charge in [0.25, 0.3) is 0 Å². The Balaban J connectivity index is 1.47. The molecule has 2 N–H and O–H groups in total. The minimum Gasteiger partial charge on any atom is -0.355 e. The second-order valence-electron chi connectivity index (χ2n) is 6.26. The van der Waals surface area contributed by atoms with Crippen LogP contribution < -0.4 is 10.6 Å². The van der Waals surface area contributed by atoms with Crippen molar-refractivity contribution in [3.63, 3.8) is 0 Å². The molecule has 1 saturated carbocycles. The summed E-state index contributed by atoms with van der Waals surface area (Å²) in [6.45, 7) is 0.880. The van der Waals surface area contributed by atoms with Crippen LogP contribution in [-0.2, 0) is 22.6 Å². The molecule has 1 fully saturated rings. The van der Waals surface area contributed by atoms with E-state index < -0.39 is 5.41 Å². The van der Waals surface area contributed by atoms with Crippen LogP contribution >= 0.6 is 11.6 Å². The van der Waals surface area contributed by atoms with Crippen LogP contribution in [0, 0.1) is 5.41 Å². The van der Waals surface area contributed by atoms with Crippen LogP contribution in [0.2, 0.25) is 5.02 Å². The number of halogens is 1. The van der Waals surface area contributed by atoms with Crippen LogP contribution in [0.1, 0.15) is 24.0 Å². The van der Waals surface area contributed by atoms with Gasteiger partial charge in [0.05, 0.1) is 0 Å². The number of hydrogen-bond acceptors (Lipinski definition) is 3. The zero-order valence-electron chi connectivity index (χ0n) is 13.8. The number of nitrogens with zero attached hydrogens (tertiary/aromatic N) is 1. The Hall–Kier alpha value is -2.40. The van der Waals surface area contributed by atoms with Gasteiger partial charge in [0.15, 0.2) is 0 Å². The van der Waals surface area contributed by atoms with Gasteiger partial charge in [0.2, 0.25) is 11.8 Å². The molecule has 2 aromatic rings. The first-order valence-electron chi connectivity index (χ1n) is 8.30. The van der Waals surface area contributed by atoms with E-state index in [0.29, 0.717) is 37.4 Å². The van der Waals surface area contributed by atoms with Crippen molar-refractivity contribution < 1.29 is 9.59 Å². The van der Waals surface area contributed by atoms with Crippen molar-refractivity contribution in [1.29, 1.82) is 0 Å². The molecule has 5 nitrogen and oxygen atoms in total. The maximum atomic E-state index is 12.4. The summed E-state index contributed by atoms with van der Waals surface area (Å²) in [5, 5.41) is 6.41. The van der Waals surface area contributed by atoms with Crippen LogP contribution in [0.15, 0.2) is 48.8 Å². The van der Waals surface area contributed by atoms with Gasteiger partial charge in [-0.2, -0.15) is 0 Å². The first kappa shape index (κ1) is 17.4. The van der Waals surface area contributed by atoms with E-state index in [2.05, 4.69) is 15.6 Å². The fraction of sp³-hybridized carbons (Fsp3) is 0.316. The number of nitrogens with one attached hydrogen (secondary N) is 2. The molecule has 2 amide bonds. The van der Waals surface area contributed by atoms with Crippen molar-refractivity contribution in [1.82, 2.24) is 15.6 Å². The second kappa shape index (κ2) is 7.66. The highest BCUT2D eigenvalue weighted by molar-refractivity contribution is 6.30. The molecule has 130 valence electrons. The SMILES string of the molecule is O=C(NCCc1ccc(Cl)cc1)C1(C(=O)NCc2cccnc2)CC1. The fourth-order valence-corrected chi connectivity index (χ4v) is 2.80. The summed E-state index contributed by atoms with van der Waals surface area (Å²) in [6, 6.07) is 11.2. The molecule has 0 bridgehead atoms. The molecule has 0 spiro atoms. The summed E-state index contributed by atoms with van der Waals surface area (Å²) in [5.41, 5.74) is 1.10. The predicted molar refractivity (Wildman–Crippen MR) is 95.9 cm³/mol. The topological polar surface area (TPSA) is 71.1 Å². The number of aromatic nitrogens is 1. The molecule has 0 aliphatic heterocycles. The van der Waals surface area contributed by atoms with E-state index in [9.17, 15) is 9.59 Å². The predicted octanol–water partition coefficient (Wildman–Crippen LogP) is 2.49. The van der Waals surface area contributed by atoms with E-state index in [1.54, 1.807) is 12.4 Å². The van der Waals surface area contributed by atoms with Gasteiger partial charge < -0.3 is 10.6 Å². The van der Waals surface area contributed by atoms with Gasteiger partial charge in [-0.25, -0.2) is 0 Å². The average molecular weight is 358 g/mol. The van der Waals surface area contributed by atoms with Gasteiger partial charge in [-0.1, -0.05) is 29.8 Å². The van der Waals surface area contributed by atoms with Crippen LogP contribution in [0.25, 0.3) is 0 Å². The molecule has 6 heteroatoms. The Kier molecular flexibility index (Phi) is 5.34. The first-order chi connectivity index (χ1) is 12.1. The van der Waals surface area contributed by atoms with Crippen molar-refractivity contribution in [3.8, 4) is 0 Å². The Morgan fingerprint density at radius 1 is 1.04 bits per heavy atom. The smallest absolute Gasteiger partial charge is 0.235 e. The van der Waals surface area contributed by atoms with Crippen molar-refractivity contribution in [2.75, 3.05) is 6.54 Å². The van der Waals surface area contributed by atoms with Gasteiger partial charge in [-0.05, 0) is 48.6 Å². The Morgan fingerprint density at radius 2 is 1.76 bits per heavy atom. The third-order valence-electron chi connectivity index (χ3n) is 4.41. The van der Waals surface area contributed by atoms with E-state index in [1.807, 2.05) is 36.4 Å². The normalized spacial score (nSPS) is 14.6. The summed E-state index contributed by atoms with van der Waals surface area (Å²) in [7, 11) is 0. The lowest BCUT2D eigenvalue weighted by Crippen LogP contribution is -2.43. The molecule has 1 aromatic carbocycles.